The first kappa shape index (κ1) is 8.45. The number of hydrogen-bond donors (Lipinski definition) is 1. The Kier molecular flexibility index (Phi) is 1.85. The van der Waals surface area contributed by atoms with E-state index in [-0.39, 0.29) is 0 Å². The molecule has 1 saturated heterocycles. The van der Waals surface area contributed by atoms with Crippen LogP contribution in [-0.4, -0.2) is 19.2 Å². The highest BCUT2D eigenvalue weighted by molar-refractivity contribution is 5.37. The molecule has 0 aromatic heterocycles. The first-order valence-corrected chi connectivity index (χ1v) is 5.26. The molecule has 2 atom stereocenters. The van der Waals surface area contributed by atoms with E-state index in [0.29, 0.717) is 12.0 Å². The molecule has 1 N–H and O–H groups in total. The Bertz CT molecular complexity index is 361. The first-order chi connectivity index (χ1) is 6.84. The van der Waals surface area contributed by atoms with E-state index in [1.54, 1.807) is 0 Å². The van der Waals surface area contributed by atoms with Crippen molar-refractivity contribution >= 4 is 0 Å². The van der Waals surface area contributed by atoms with Gasteiger partial charge in [-0.3, -0.25) is 0 Å². The molecule has 0 bridgehead atoms. The van der Waals surface area contributed by atoms with Crippen molar-refractivity contribution in [2.24, 2.45) is 0 Å². The largest absolute Gasteiger partial charge is 0.372 e. The average Bonchev–Trinajstić information content (AvgIpc) is 2.65. The van der Waals surface area contributed by atoms with E-state index < -0.39 is 0 Å². The van der Waals surface area contributed by atoms with Crippen molar-refractivity contribution in [1.29, 1.82) is 0 Å². The van der Waals surface area contributed by atoms with Crippen LogP contribution in [0.4, 0.5) is 0 Å². The van der Waals surface area contributed by atoms with Gasteiger partial charge in [0.05, 0.1) is 12.7 Å². The molecule has 2 nitrogen and oxygen atoms in total. The van der Waals surface area contributed by atoms with Crippen LogP contribution in [0.3, 0.4) is 0 Å². The first-order valence-electron chi connectivity index (χ1n) is 5.26. The summed E-state index contributed by atoms with van der Waals surface area (Å²) in [5, 5.41) is 3.40. The zero-order chi connectivity index (χ0) is 9.54. The van der Waals surface area contributed by atoms with Crippen LogP contribution in [0.5, 0.6) is 0 Å². The van der Waals surface area contributed by atoms with Crippen molar-refractivity contribution in [3.8, 4) is 0 Å². The standard InChI is InChI=1S/C12H15NO/c1-8-2-3-9-7-14-12-6-13-5-11(12)10(9)4-8/h2-4,11-13H,5-7H2,1H3/t11-,12-/m1/s1. The van der Waals surface area contributed by atoms with E-state index in [1.807, 2.05) is 0 Å². The number of fused-ring (bicyclic) bond motifs is 3. The Hall–Kier alpha value is -0.860. The highest BCUT2D eigenvalue weighted by Crippen LogP contribution is 2.33. The molecule has 0 saturated carbocycles. The summed E-state index contributed by atoms with van der Waals surface area (Å²) in [7, 11) is 0. The molecule has 1 fully saturated rings. The summed E-state index contributed by atoms with van der Waals surface area (Å²) in [6.45, 7) is 5.03. The van der Waals surface area contributed by atoms with Crippen LogP contribution in [0.15, 0.2) is 18.2 Å². The fraction of sp³-hybridized carbons (Fsp3) is 0.500. The number of aryl methyl sites for hydroxylation is 1. The van der Waals surface area contributed by atoms with Crippen molar-refractivity contribution in [3.05, 3.63) is 34.9 Å². The lowest BCUT2D eigenvalue weighted by atomic mass is 9.88. The molecule has 2 aliphatic heterocycles. The summed E-state index contributed by atoms with van der Waals surface area (Å²) >= 11 is 0. The summed E-state index contributed by atoms with van der Waals surface area (Å²) in [5.74, 6) is 0.582. The highest BCUT2D eigenvalue weighted by Gasteiger charge is 2.33. The number of rotatable bonds is 0. The Morgan fingerprint density at radius 1 is 1.36 bits per heavy atom. The van der Waals surface area contributed by atoms with E-state index >= 15 is 0 Å². The molecular formula is C12H15NO. The minimum absolute atomic E-state index is 0.407. The smallest absolute Gasteiger partial charge is 0.0784 e. The molecular weight excluding hydrogens is 174 g/mol. The molecule has 0 aliphatic carbocycles. The summed E-state index contributed by atoms with van der Waals surface area (Å²) < 4.78 is 5.81. The summed E-state index contributed by atoms with van der Waals surface area (Å²) in [5.41, 5.74) is 4.24. The maximum atomic E-state index is 5.81. The van der Waals surface area contributed by atoms with Crippen LogP contribution in [0, 0.1) is 6.92 Å². The fourth-order valence-electron chi connectivity index (χ4n) is 2.53. The molecule has 14 heavy (non-hydrogen) atoms. The van der Waals surface area contributed by atoms with E-state index in [4.69, 9.17) is 4.74 Å². The van der Waals surface area contributed by atoms with Gasteiger partial charge in [0.25, 0.3) is 0 Å². The zero-order valence-electron chi connectivity index (χ0n) is 8.42. The van der Waals surface area contributed by atoms with Crippen LogP contribution in [0.1, 0.15) is 22.6 Å². The number of hydrogen-bond acceptors (Lipinski definition) is 2. The third-order valence-corrected chi connectivity index (χ3v) is 3.31. The second-order valence-corrected chi connectivity index (χ2v) is 4.32. The van der Waals surface area contributed by atoms with Gasteiger partial charge in [0.15, 0.2) is 0 Å². The SMILES string of the molecule is Cc1ccc2c(c1)[C@H]1CNC[C@H]1OC2. The van der Waals surface area contributed by atoms with Crippen LogP contribution < -0.4 is 5.32 Å². The molecule has 2 heteroatoms. The van der Waals surface area contributed by atoms with E-state index in [9.17, 15) is 0 Å². The van der Waals surface area contributed by atoms with Crippen molar-refractivity contribution in [3.63, 3.8) is 0 Å². The second-order valence-electron chi connectivity index (χ2n) is 4.32. The van der Waals surface area contributed by atoms with E-state index in [0.717, 1.165) is 19.7 Å². The molecule has 74 valence electrons. The Morgan fingerprint density at radius 2 is 2.29 bits per heavy atom. The maximum Gasteiger partial charge on any atom is 0.0784 e. The summed E-state index contributed by atoms with van der Waals surface area (Å²) in [6, 6.07) is 6.70. The number of benzene rings is 1. The van der Waals surface area contributed by atoms with Gasteiger partial charge in [-0.1, -0.05) is 23.8 Å². The predicted molar refractivity (Wildman–Crippen MR) is 55.4 cm³/mol. The highest BCUT2D eigenvalue weighted by atomic mass is 16.5. The number of ether oxygens (including phenoxy) is 1. The second kappa shape index (κ2) is 3.07. The summed E-state index contributed by atoms with van der Waals surface area (Å²) in [6.07, 6.45) is 0.407. The minimum atomic E-state index is 0.407. The van der Waals surface area contributed by atoms with Gasteiger partial charge in [0, 0.05) is 19.0 Å². The van der Waals surface area contributed by atoms with Crippen molar-refractivity contribution in [2.45, 2.75) is 25.6 Å². The third-order valence-electron chi connectivity index (χ3n) is 3.31. The lowest BCUT2D eigenvalue weighted by Gasteiger charge is -2.28. The lowest BCUT2D eigenvalue weighted by Crippen LogP contribution is -2.26. The van der Waals surface area contributed by atoms with Crippen LogP contribution in [0.2, 0.25) is 0 Å². The monoisotopic (exact) mass is 189 g/mol. The van der Waals surface area contributed by atoms with Crippen molar-refractivity contribution in [2.75, 3.05) is 13.1 Å². The van der Waals surface area contributed by atoms with E-state index in [2.05, 4.69) is 30.4 Å². The Labute approximate surface area is 84.3 Å². The van der Waals surface area contributed by atoms with E-state index in [1.165, 1.54) is 16.7 Å². The van der Waals surface area contributed by atoms with Crippen molar-refractivity contribution < 1.29 is 4.74 Å². The Morgan fingerprint density at radius 3 is 3.21 bits per heavy atom. The molecule has 0 spiro atoms. The van der Waals surface area contributed by atoms with Gasteiger partial charge in [-0.15, -0.1) is 0 Å². The average molecular weight is 189 g/mol. The molecule has 1 aromatic rings. The Balaban J connectivity index is 2.07. The van der Waals surface area contributed by atoms with Crippen LogP contribution in [-0.2, 0) is 11.3 Å². The van der Waals surface area contributed by atoms with Crippen LogP contribution >= 0.6 is 0 Å². The van der Waals surface area contributed by atoms with Crippen LogP contribution in [0.25, 0.3) is 0 Å². The normalized spacial score (nSPS) is 29.8. The van der Waals surface area contributed by atoms with Gasteiger partial charge < -0.3 is 10.1 Å². The maximum absolute atomic E-state index is 5.81. The van der Waals surface area contributed by atoms with Gasteiger partial charge >= 0.3 is 0 Å². The lowest BCUT2D eigenvalue weighted by molar-refractivity contribution is 0.0299. The minimum Gasteiger partial charge on any atom is -0.372 e. The van der Waals surface area contributed by atoms with Gasteiger partial charge in [-0.05, 0) is 18.1 Å². The molecule has 3 rings (SSSR count). The third kappa shape index (κ3) is 1.18. The van der Waals surface area contributed by atoms with Gasteiger partial charge in [-0.2, -0.15) is 0 Å². The summed E-state index contributed by atoms with van der Waals surface area (Å²) in [4.78, 5) is 0. The molecule has 2 aliphatic rings. The quantitative estimate of drug-likeness (QED) is 0.669. The fourth-order valence-corrected chi connectivity index (χ4v) is 2.53. The van der Waals surface area contributed by atoms with Crippen molar-refractivity contribution in [1.82, 2.24) is 5.32 Å². The topological polar surface area (TPSA) is 21.3 Å². The van der Waals surface area contributed by atoms with Gasteiger partial charge in [0.2, 0.25) is 0 Å². The predicted octanol–water partition coefficient (Wildman–Crippen LogP) is 1.58. The molecule has 0 amide bonds. The molecule has 2 heterocycles. The van der Waals surface area contributed by atoms with Gasteiger partial charge in [0.1, 0.15) is 0 Å². The molecule has 0 unspecified atom stereocenters. The number of nitrogens with one attached hydrogen (secondary N) is 1. The molecule has 0 radical (unpaired) electrons. The zero-order valence-corrected chi connectivity index (χ0v) is 8.42. The molecule has 1 aromatic carbocycles. The van der Waals surface area contributed by atoms with Gasteiger partial charge in [-0.25, -0.2) is 0 Å².